The Kier molecular flexibility index (Phi) is 4.02. The minimum absolute atomic E-state index is 0.646. The van der Waals surface area contributed by atoms with Crippen molar-refractivity contribution in [3.05, 3.63) is 16.1 Å². The van der Waals surface area contributed by atoms with Crippen LogP contribution in [0.4, 0.5) is 0 Å². The van der Waals surface area contributed by atoms with Crippen molar-refractivity contribution >= 4 is 17.3 Å². The molecule has 1 aromatic rings. The van der Waals surface area contributed by atoms with Crippen LogP contribution in [0.25, 0.3) is 0 Å². The fraction of sp³-hybridized carbons (Fsp3) is 0.692. The first-order chi connectivity index (χ1) is 8.58. The van der Waals surface area contributed by atoms with Gasteiger partial charge in [0, 0.05) is 17.6 Å². The molecule has 0 bridgehead atoms. The summed E-state index contributed by atoms with van der Waals surface area (Å²) in [6.45, 7) is 5.63. The number of likely N-dealkylation sites (tertiary alicyclic amines) is 1. The lowest BCUT2D eigenvalue weighted by atomic mass is 9.90. The van der Waals surface area contributed by atoms with Gasteiger partial charge in [-0.1, -0.05) is 13.3 Å². The number of hydrogen-bond acceptors (Lipinski definition) is 4. The molecule has 5 heteroatoms. The van der Waals surface area contributed by atoms with Gasteiger partial charge in [0.2, 0.25) is 0 Å². The van der Waals surface area contributed by atoms with Crippen LogP contribution in [-0.2, 0) is 11.3 Å². The molecule has 1 unspecified atom stereocenters. The number of aliphatic carboxylic acids is 1. The number of rotatable bonds is 5. The molecule has 2 rings (SSSR count). The monoisotopic (exact) mass is 268 g/mol. The van der Waals surface area contributed by atoms with Gasteiger partial charge in [0.05, 0.1) is 5.01 Å². The van der Waals surface area contributed by atoms with Gasteiger partial charge >= 0.3 is 5.97 Å². The van der Waals surface area contributed by atoms with E-state index >= 15 is 0 Å². The molecule has 1 atom stereocenters. The Morgan fingerprint density at radius 3 is 3.00 bits per heavy atom. The number of aryl methyl sites for hydroxylation is 1. The van der Waals surface area contributed by atoms with Crippen molar-refractivity contribution in [3.8, 4) is 0 Å². The molecule has 2 heterocycles. The second-order valence-electron chi connectivity index (χ2n) is 4.96. The van der Waals surface area contributed by atoms with Gasteiger partial charge in [-0.25, -0.2) is 4.98 Å². The highest BCUT2D eigenvalue weighted by Gasteiger charge is 2.46. The summed E-state index contributed by atoms with van der Waals surface area (Å²) >= 11 is 1.66. The van der Waals surface area contributed by atoms with E-state index in [4.69, 9.17) is 0 Å². The van der Waals surface area contributed by atoms with Gasteiger partial charge in [0.15, 0.2) is 0 Å². The molecule has 1 fully saturated rings. The van der Waals surface area contributed by atoms with E-state index in [0.717, 1.165) is 48.7 Å². The van der Waals surface area contributed by atoms with E-state index in [-0.39, 0.29) is 0 Å². The third-order valence-electron chi connectivity index (χ3n) is 3.70. The Balaban J connectivity index is 2.17. The molecule has 1 aliphatic heterocycles. The van der Waals surface area contributed by atoms with Crippen LogP contribution >= 0.6 is 11.3 Å². The summed E-state index contributed by atoms with van der Waals surface area (Å²) in [7, 11) is 0. The summed E-state index contributed by atoms with van der Waals surface area (Å²) in [5.41, 5.74) is -0.646. The van der Waals surface area contributed by atoms with Crippen molar-refractivity contribution in [2.75, 3.05) is 6.54 Å². The second-order valence-corrected chi connectivity index (χ2v) is 6.28. The number of hydrogen-bond donors (Lipinski definition) is 1. The van der Waals surface area contributed by atoms with E-state index in [0.29, 0.717) is 0 Å². The van der Waals surface area contributed by atoms with Crippen LogP contribution in [0.1, 0.15) is 42.5 Å². The van der Waals surface area contributed by atoms with E-state index in [9.17, 15) is 9.90 Å². The third kappa shape index (κ3) is 2.42. The van der Waals surface area contributed by atoms with Crippen LogP contribution in [0.5, 0.6) is 0 Å². The molecule has 1 saturated heterocycles. The minimum Gasteiger partial charge on any atom is -0.480 e. The first-order valence-electron chi connectivity index (χ1n) is 6.48. The topological polar surface area (TPSA) is 53.4 Å². The van der Waals surface area contributed by atoms with Crippen LogP contribution < -0.4 is 0 Å². The summed E-state index contributed by atoms with van der Waals surface area (Å²) in [6.07, 6.45) is 5.26. The molecule has 1 N–H and O–H groups in total. The van der Waals surface area contributed by atoms with Gasteiger partial charge in [-0.2, -0.15) is 0 Å². The first-order valence-corrected chi connectivity index (χ1v) is 7.30. The van der Waals surface area contributed by atoms with Crippen molar-refractivity contribution < 1.29 is 9.90 Å². The second kappa shape index (κ2) is 5.36. The lowest BCUT2D eigenvalue weighted by Gasteiger charge is -2.34. The Hall–Kier alpha value is -0.940. The number of carboxylic acid groups (broad SMARTS) is 1. The average molecular weight is 268 g/mol. The molecule has 1 aliphatic rings. The zero-order chi connectivity index (χ0) is 13.2. The summed E-state index contributed by atoms with van der Waals surface area (Å²) < 4.78 is 0. The zero-order valence-corrected chi connectivity index (χ0v) is 11.8. The highest BCUT2D eigenvalue weighted by atomic mass is 32.1. The first kappa shape index (κ1) is 13.5. The lowest BCUT2D eigenvalue weighted by molar-refractivity contribution is -0.150. The molecule has 1 aromatic heterocycles. The van der Waals surface area contributed by atoms with Crippen molar-refractivity contribution in [1.82, 2.24) is 9.88 Å². The van der Waals surface area contributed by atoms with Crippen molar-refractivity contribution in [2.24, 2.45) is 0 Å². The molecule has 0 saturated carbocycles. The third-order valence-corrected chi connectivity index (χ3v) is 4.60. The van der Waals surface area contributed by atoms with Crippen LogP contribution in [0.2, 0.25) is 0 Å². The molecule has 0 amide bonds. The van der Waals surface area contributed by atoms with Gasteiger partial charge in [0.25, 0.3) is 0 Å². The molecule has 0 aliphatic carbocycles. The van der Waals surface area contributed by atoms with Crippen molar-refractivity contribution in [3.63, 3.8) is 0 Å². The molecule has 0 spiro atoms. The Labute approximate surface area is 112 Å². The van der Waals surface area contributed by atoms with Gasteiger partial charge < -0.3 is 5.11 Å². The molecule has 0 radical (unpaired) electrons. The zero-order valence-electron chi connectivity index (χ0n) is 11.0. The van der Waals surface area contributed by atoms with Crippen LogP contribution in [-0.4, -0.2) is 33.0 Å². The van der Waals surface area contributed by atoms with Crippen LogP contribution in [0, 0.1) is 6.92 Å². The smallest absolute Gasteiger partial charge is 0.324 e. The maximum Gasteiger partial charge on any atom is 0.324 e. The SMILES string of the molecule is CCCC1(C(=O)O)CCCN1Cc1cnc(C)s1. The summed E-state index contributed by atoms with van der Waals surface area (Å²) in [5, 5.41) is 10.6. The molecule has 0 aromatic carbocycles. The molecular formula is C13H20N2O2S. The van der Waals surface area contributed by atoms with Gasteiger partial charge in [-0.05, 0) is 32.7 Å². The highest BCUT2D eigenvalue weighted by Crippen LogP contribution is 2.35. The maximum atomic E-state index is 11.7. The summed E-state index contributed by atoms with van der Waals surface area (Å²) in [4.78, 5) is 19.2. The number of carbonyl (C=O) groups is 1. The van der Waals surface area contributed by atoms with E-state index in [1.165, 1.54) is 0 Å². The fourth-order valence-electron chi connectivity index (χ4n) is 2.88. The van der Waals surface area contributed by atoms with Gasteiger partial charge in [0.1, 0.15) is 5.54 Å². The maximum absolute atomic E-state index is 11.7. The normalized spacial score (nSPS) is 24.6. The van der Waals surface area contributed by atoms with Crippen LogP contribution in [0.15, 0.2) is 6.20 Å². The Morgan fingerprint density at radius 1 is 1.67 bits per heavy atom. The van der Waals surface area contributed by atoms with E-state index in [1.807, 2.05) is 13.1 Å². The predicted octanol–water partition coefficient (Wildman–Crippen LogP) is 2.67. The molecule has 4 nitrogen and oxygen atoms in total. The number of carboxylic acids is 1. The summed E-state index contributed by atoms with van der Waals surface area (Å²) in [5.74, 6) is -0.664. The number of aromatic nitrogens is 1. The highest BCUT2D eigenvalue weighted by molar-refractivity contribution is 7.11. The Bertz CT molecular complexity index is 432. The number of nitrogens with zero attached hydrogens (tertiary/aromatic N) is 2. The van der Waals surface area contributed by atoms with E-state index in [2.05, 4.69) is 16.8 Å². The molecule has 100 valence electrons. The minimum atomic E-state index is -0.664. The van der Waals surface area contributed by atoms with E-state index in [1.54, 1.807) is 11.3 Å². The lowest BCUT2D eigenvalue weighted by Crippen LogP contribution is -2.49. The average Bonchev–Trinajstić information content (AvgIpc) is 2.88. The standard InChI is InChI=1S/C13H20N2O2S/c1-3-5-13(12(16)17)6-4-7-15(13)9-11-8-14-10(2)18-11/h8H,3-7,9H2,1-2H3,(H,16,17). The summed E-state index contributed by atoms with van der Waals surface area (Å²) in [6, 6.07) is 0. The molecule has 18 heavy (non-hydrogen) atoms. The fourth-order valence-corrected chi connectivity index (χ4v) is 3.69. The Morgan fingerprint density at radius 2 is 2.44 bits per heavy atom. The van der Waals surface area contributed by atoms with Crippen molar-refractivity contribution in [1.29, 1.82) is 0 Å². The van der Waals surface area contributed by atoms with Crippen LogP contribution in [0.3, 0.4) is 0 Å². The van der Waals surface area contributed by atoms with E-state index < -0.39 is 11.5 Å². The van der Waals surface area contributed by atoms with Gasteiger partial charge in [-0.3, -0.25) is 9.69 Å². The predicted molar refractivity (Wildman–Crippen MR) is 71.8 cm³/mol. The van der Waals surface area contributed by atoms with Crippen molar-refractivity contribution in [2.45, 2.75) is 51.6 Å². The quantitative estimate of drug-likeness (QED) is 0.892. The number of thiazole rings is 1. The molecular weight excluding hydrogens is 248 g/mol. The van der Waals surface area contributed by atoms with Gasteiger partial charge in [-0.15, -0.1) is 11.3 Å². The largest absolute Gasteiger partial charge is 0.480 e.